The number of benzene rings is 2. The molecule has 1 aliphatic heterocycles. The minimum absolute atomic E-state index is 0.00411. The van der Waals surface area contributed by atoms with Gasteiger partial charge in [-0.2, -0.15) is 0 Å². The summed E-state index contributed by atoms with van der Waals surface area (Å²) in [6.45, 7) is 4.99. The molecule has 0 saturated carbocycles. The second kappa shape index (κ2) is 7.34. The van der Waals surface area contributed by atoms with Crippen molar-refractivity contribution in [2.45, 2.75) is 26.3 Å². The van der Waals surface area contributed by atoms with Gasteiger partial charge in [0.25, 0.3) is 11.5 Å². The van der Waals surface area contributed by atoms with Gasteiger partial charge in [0.15, 0.2) is 11.5 Å². The van der Waals surface area contributed by atoms with Gasteiger partial charge in [-0.1, -0.05) is 0 Å². The molecule has 0 radical (unpaired) electrons. The van der Waals surface area contributed by atoms with Crippen molar-refractivity contribution >= 4 is 22.5 Å². The van der Waals surface area contributed by atoms with E-state index in [1.807, 2.05) is 13.8 Å². The van der Waals surface area contributed by atoms with Crippen molar-refractivity contribution in [3.8, 4) is 11.5 Å². The van der Waals surface area contributed by atoms with Gasteiger partial charge in [-0.15, -0.1) is 0 Å². The van der Waals surface area contributed by atoms with Crippen LogP contribution in [-0.2, 0) is 0 Å². The van der Waals surface area contributed by atoms with E-state index in [-0.39, 0.29) is 17.5 Å². The van der Waals surface area contributed by atoms with Gasteiger partial charge in [0.1, 0.15) is 0 Å². The molecule has 0 unspecified atom stereocenters. The summed E-state index contributed by atoms with van der Waals surface area (Å²) in [5, 5.41) is 3.30. The van der Waals surface area contributed by atoms with Crippen molar-refractivity contribution in [1.29, 1.82) is 0 Å². The number of aromatic nitrogens is 2. The molecule has 2 heterocycles. The number of nitrogens with one attached hydrogen (secondary N) is 1. The Kier molecular flexibility index (Phi) is 4.73. The monoisotopic (exact) mass is 379 g/mol. The summed E-state index contributed by atoms with van der Waals surface area (Å²) in [6, 6.07) is 10.2. The van der Waals surface area contributed by atoms with E-state index in [0.29, 0.717) is 46.9 Å². The molecule has 0 saturated heterocycles. The first kappa shape index (κ1) is 18.0. The number of hydrogen-bond donors (Lipinski definition) is 1. The Morgan fingerprint density at radius 1 is 1.11 bits per heavy atom. The van der Waals surface area contributed by atoms with Crippen LogP contribution in [0.2, 0.25) is 0 Å². The third-order valence-corrected chi connectivity index (χ3v) is 4.61. The summed E-state index contributed by atoms with van der Waals surface area (Å²) < 4.78 is 12.8. The molecule has 1 amide bonds. The lowest BCUT2D eigenvalue weighted by atomic mass is 10.1. The van der Waals surface area contributed by atoms with Crippen LogP contribution >= 0.6 is 0 Å². The Balaban J connectivity index is 1.62. The molecule has 28 heavy (non-hydrogen) atoms. The van der Waals surface area contributed by atoms with Crippen molar-refractivity contribution in [2.24, 2.45) is 0 Å². The number of rotatable bonds is 3. The number of ether oxygens (including phenoxy) is 2. The predicted molar refractivity (Wildman–Crippen MR) is 106 cm³/mol. The lowest BCUT2D eigenvalue weighted by molar-refractivity contribution is 0.102. The average Bonchev–Trinajstić information content (AvgIpc) is 2.93. The molecule has 0 atom stereocenters. The van der Waals surface area contributed by atoms with E-state index in [1.165, 1.54) is 0 Å². The van der Waals surface area contributed by atoms with E-state index in [2.05, 4.69) is 10.3 Å². The Labute approximate surface area is 161 Å². The maximum Gasteiger partial charge on any atom is 0.261 e. The summed E-state index contributed by atoms with van der Waals surface area (Å²) in [6.07, 6.45) is 2.35. The molecule has 0 aliphatic carbocycles. The minimum Gasteiger partial charge on any atom is -0.490 e. The van der Waals surface area contributed by atoms with E-state index < -0.39 is 0 Å². The van der Waals surface area contributed by atoms with Crippen LogP contribution in [0, 0.1) is 0 Å². The summed E-state index contributed by atoms with van der Waals surface area (Å²) in [5.74, 6) is 0.913. The molecule has 7 nitrogen and oxygen atoms in total. The third kappa shape index (κ3) is 3.43. The van der Waals surface area contributed by atoms with Gasteiger partial charge in [-0.25, -0.2) is 4.98 Å². The average molecular weight is 379 g/mol. The number of carbonyl (C=O) groups excluding carboxylic acids is 1. The highest BCUT2D eigenvalue weighted by molar-refractivity contribution is 6.05. The molecule has 2 aromatic carbocycles. The summed E-state index contributed by atoms with van der Waals surface area (Å²) in [5.41, 5.74) is 1.45. The third-order valence-electron chi connectivity index (χ3n) is 4.61. The Morgan fingerprint density at radius 2 is 1.89 bits per heavy atom. The largest absolute Gasteiger partial charge is 0.490 e. The van der Waals surface area contributed by atoms with E-state index in [0.717, 1.165) is 6.42 Å². The fraction of sp³-hybridized carbons (Fsp3) is 0.286. The molecule has 1 aromatic heterocycles. The first-order valence-electron chi connectivity index (χ1n) is 9.25. The zero-order valence-electron chi connectivity index (χ0n) is 15.8. The molecule has 1 N–H and O–H groups in total. The number of nitrogens with zero attached hydrogens (tertiary/aromatic N) is 2. The fourth-order valence-electron chi connectivity index (χ4n) is 3.09. The number of fused-ring (bicyclic) bond motifs is 2. The van der Waals surface area contributed by atoms with E-state index in [9.17, 15) is 9.59 Å². The maximum absolute atomic E-state index is 12.7. The molecule has 4 rings (SSSR count). The normalized spacial score (nSPS) is 13.4. The van der Waals surface area contributed by atoms with Crippen LogP contribution in [0.25, 0.3) is 10.9 Å². The quantitative estimate of drug-likeness (QED) is 0.754. The van der Waals surface area contributed by atoms with E-state index >= 15 is 0 Å². The first-order chi connectivity index (χ1) is 13.5. The van der Waals surface area contributed by atoms with E-state index in [4.69, 9.17) is 9.47 Å². The highest BCUT2D eigenvalue weighted by atomic mass is 16.5. The topological polar surface area (TPSA) is 82.5 Å². The molecule has 3 aromatic rings. The summed E-state index contributed by atoms with van der Waals surface area (Å²) >= 11 is 0. The molecule has 144 valence electrons. The number of anilines is 1. The van der Waals surface area contributed by atoms with Gasteiger partial charge >= 0.3 is 0 Å². The highest BCUT2D eigenvalue weighted by Gasteiger charge is 2.15. The van der Waals surface area contributed by atoms with Crippen molar-refractivity contribution in [3.05, 3.63) is 58.6 Å². The van der Waals surface area contributed by atoms with Gasteiger partial charge in [-0.05, 0) is 50.2 Å². The summed E-state index contributed by atoms with van der Waals surface area (Å²) in [4.78, 5) is 29.6. The van der Waals surface area contributed by atoms with Crippen molar-refractivity contribution in [1.82, 2.24) is 9.55 Å². The molecule has 0 bridgehead atoms. The first-order valence-corrected chi connectivity index (χ1v) is 9.25. The predicted octanol–water partition coefficient (Wildman–Crippen LogP) is 3.39. The molecule has 7 heteroatoms. The van der Waals surface area contributed by atoms with Crippen LogP contribution in [0.15, 0.2) is 47.5 Å². The van der Waals surface area contributed by atoms with Gasteiger partial charge in [0, 0.05) is 23.7 Å². The molecule has 1 aliphatic rings. The Hall–Kier alpha value is -3.35. The zero-order valence-corrected chi connectivity index (χ0v) is 15.8. The van der Waals surface area contributed by atoms with Gasteiger partial charge < -0.3 is 14.8 Å². The van der Waals surface area contributed by atoms with Crippen LogP contribution in [-0.4, -0.2) is 28.7 Å². The van der Waals surface area contributed by atoms with E-state index in [1.54, 1.807) is 47.3 Å². The maximum atomic E-state index is 12.7. The Bertz CT molecular complexity index is 1100. The number of hydrogen-bond acceptors (Lipinski definition) is 5. The van der Waals surface area contributed by atoms with Gasteiger partial charge in [0.05, 0.1) is 30.4 Å². The second-order valence-electron chi connectivity index (χ2n) is 6.95. The summed E-state index contributed by atoms with van der Waals surface area (Å²) in [7, 11) is 0. The standard InChI is InChI=1S/C21H21N3O4/c1-13(2)24-12-22-17-6-5-15(11-16(17)21(24)26)23-20(25)14-4-7-18-19(10-14)28-9-3-8-27-18/h4-7,10-13H,3,8-9H2,1-2H3,(H,23,25). The van der Waals surface area contributed by atoms with Crippen LogP contribution < -0.4 is 20.3 Å². The minimum atomic E-state index is -0.289. The lowest BCUT2D eigenvalue weighted by Crippen LogP contribution is -2.22. The molecule has 0 spiro atoms. The smallest absolute Gasteiger partial charge is 0.261 e. The van der Waals surface area contributed by atoms with Crippen molar-refractivity contribution in [2.75, 3.05) is 18.5 Å². The van der Waals surface area contributed by atoms with Gasteiger partial charge in [0.2, 0.25) is 0 Å². The van der Waals surface area contributed by atoms with Crippen molar-refractivity contribution < 1.29 is 14.3 Å². The van der Waals surface area contributed by atoms with Gasteiger partial charge in [-0.3, -0.25) is 14.2 Å². The lowest BCUT2D eigenvalue weighted by Gasteiger charge is -2.12. The zero-order chi connectivity index (χ0) is 19.7. The van der Waals surface area contributed by atoms with Crippen LogP contribution in [0.5, 0.6) is 11.5 Å². The molecule has 0 fully saturated rings. The van der Waals surface area contributed by atoms with Crippen LogP contribution in [0.1, 0.15) is 36.7 Å². The molecular formula is C21H21N3O4. The highest BCUT2D eigenvalue weighted by Crippen LogP contribution is 2.30. The fourth-order valence-corrected chi connectivity index (χ4v) is 3.09. The van der Waals surface area contributed by atoms with Crippen LogP contribution in [0.4, 0.5) is 5.69 Å². The van der Waals surface area contributed by atoms with Crippen molar-refractivity contribution in [3.63, 3.8) is 0 Å². The Morgan fingerprint density at radius 3 is 2.68 bits per heavy atom. The SMILES string of the molecule is CC(C)n1cnc2ccc(NC(=O)c3ccc4c(c3)OCCCO4)cc2c1=O. The number of amides is 1. The number of carbonyl (C=O) groups is 1. The van der Waals surface area contributed by atoms with Crippen LogP contribution in [0.3, 0.4) is 0 Å². The molecular weight excluding hydrogens is 358 g/mol. The second-order valence-corrected chi connectivity index (χ2v) is 6.95.